The van der Waals surface area contributed by atoms with Crippen LogP contribution in [0.4, 0.5) is 0 Å². The summed E-state index contributed by atoms with van der Waals surface area (Å²) in [5.41, 5.74) is 15.5. The van der Waals surface area contributed by atoms with Gasteiger partial charge in [-0.3, -0.25) is 28.8 Å². The molecule has 192 valence electrons. The van der Waals surface area contributed by atoms with Crippen LogP contribution in [0.1, 0.15) is 32.1 Å². The molecule has 15 nitrogen and oxygen atoms in total. The third-order valence-electron chi connectivity index (χ3n) is 4.31. The van der Waals surface area contributed by atoms with Gasteiger partial charge >= 0.3 is 11.9 Å². The molecule has 0 aliphatic carbocycles. The van der Waals surface area contributed by atoms with Crippen molar-refractivity contribution in [2.24, 2.45) is 17.2 Å². The van der Waals surface area contributed by atoms with Gasteiger partial charge in [0, 0.05) is 6.42 Å². The van der Waals surface area contributed by atoms with Crippen molar-refractivity contribution in [2.75, 3.05) is 12.0 Å². The first-order valence-corrected chi connectivity index (χ1v) is 11.3. The quantitative estimate of drug-likeness (QED) is 0.0947. The molecule has 0 heterocycles. The lowest BCUT2D eigenvalue weighted by Crippen LogP contribution is -2.57. The summed E-state index contributed by atoms with van der Waals surface area (Å²) in [5, 5.41) is 24.9. The van der Waals surface area contributed by atoms with Crippen LogP contribution in [-0.2, 0) is 33.6 Å². The zero-order valence-electron chi connectivity index (χ0n) is 18.4. The number of carboxylic acid groups (broad SMARTS) is 2. The second kappa shape index (κ2) is 15.4. The first-order valence-electron chi connectivity index (χ1n) is 9.95. The van der Waals surface area contributed by atoms with Gasteiger partial charge in [0.25, 0.3) is 0 Å². The van der Waals surface area contributed by atoms with E-state index >= 15 is 0 Å². The molecule has 0 aliphatic heterocycles. The van der Waals surface area contributed by atoms with Crippen molar-refractivity contribution in [3.05, 3.63) is 0 Å². The maximum absolute atomic E-state index is 12.7. The van der Waals surface area contributed by atoms with Gasteiger partial charge in [-0.2, -0.15) is 11.8 Å². The largest absolute Gasteiger partial charge is 0.481 e. The number of hydrogen-bond donors (Lipinski definition) is 8. The molecule has 11 N–H and O–H groups in total. The number of amides is 5. The highest BCUT2D eigenvalue weighted by Crippen LogP contribution is 2.06. The summed E-state index contributed by atoms with van der Waals surface area (Å²) in [7, 11) is 0. The first-order chi connectivity index (χ1) is 15.8. The topological polar surface area (TPSA) is 274 Å². The minimum absolute atomic E-state index is 0.0375. The van der Waals surface area contributed by atoms with Gasteiger partial charge in [-0.05, 0) is 24.9 Å². The molecular formula is C18H30N6O9S. The van der Waals surface area contributed by atoms with E-state index in [0.717, 1.165) is 0 Å². The van der Waals surface area contributed by atoms with E-state index in [-0.39, 0.29) is 19.3 Å². The molecule has 0 bridgehead atoms. The third-order valence-corrected chi connectivity index (χ3v) is 4.95. The molecule has 0 rings (SSSR count). The van der Waals surface area contributed by atoms with Gasteiger partial charge in [-0.1, -0.05) is 0 Å². The van der Waals surface area contributed by atoms with Gasteiger partial charge in [-0.15, -0.1) is 0 Å². The van der Waals surface area contributed by atoms with Crippen LogP contribution < -0.4 is 33.2 Å². The Morgan fingerprint density at radius 2 is 1.29 bits per heavy atom. The minimum atomic E-state index is -1.65. The molecule has 4 unspecified atom stereocenters. The molecule has 0 saturated heterocycles. The molecule has 0 radical (unpaired) electrons. The summed E-state index contributed by atoms with van der Waals surface area (Å²) in [6.45, 7) is 0. The number of carboxylic acids is 2. The summed E-state index contributed by atoms with van der Waals surface area (Å²) >= 11 is 1.32. The second-order valence-corrected chi connectivity index (χ2v) is 8.17. The summed E-state index contributed by atoms with van der Waals surface area (Å²) in [4.78, 5) is 81.8. The van der Waals surface area contributed by atoms with Crippen molar-refractivity contribution in [3.63, 3.8) is 0 Å². The van der Waals surface area contributed by atoms with Gasteiger partial charge in [0.2, 0.25) is 29.5 Å². The van der Waals surface area contributed by atoms with E-state index in [2.05, 4.69) is 16.0 Å². The molecule has 4 atom stereocenters. The zero-order valence-corrected chi connectivity index (χ0v) is 19.3. The Hall–Kier alpha value is -3.40. The highest BCUT2D eigenvalue weighted by atomic mass is 32.2. The van der Waals surface area contributed by atoms with E-state index in [0.29, 0.717) is 5.75 Å². The fraction of sp³-hybridized carbons (Fsp3) is 0.611. The van der Waals surface area contributed by atoms with Crippen molar-refractivity contribution in [1.29, 1.82) is 0 Å². The van der Waals surface area contributed by atoms with E-state index in [1.165, 1.54) is 11.8 Å². The number of nitrogens with two attached hydrogens (primary N) is 3. The number of aliphatic carboxylic acids is 2. The van der Waals surface area contributed by atoms with Gasteiger partial charge in [0.1, 0.15) is 18.1 Å². The van der Waals surface area contributed by atoms with E-state index in [1.807, 2.05) is 0 Å². The highest BCUT2D eigenvalue weighted by Gasteiger charge is 2.31. The Morgan fingerprint density at radius 1 is 0.765 bits per heavy atom. The Morgan fingerprint density at radius 3 is 1.76 bits per heavy atom. The first kappa shape index (κ1) is 30.6. The normalized spacial score (nSPS) is 14.1. The zero-order chi connectivity index (χ0) is 26.4. The lowest BCUT2D eigenvalue weighted by Gasteiger charge is -2.24. The van der Waals surface area contributed by atoms with Crippen LogP contribution in [0.15, 0.2) is 0 Å². The number of primary amides is 2. The van der Waals surface area contributed by atoms with Crippen LogP contribution in [0.25, 0.3) is 0 Å². The third kappa shape index (κ3) is 12.6. The molecular weight excluding hydrogens is 476 g/mol. The number of nitrogens with one attached hydrogen (secondary N) is 3. The molecule has 0 aromatic rings. The Balaban J connectivity index is 5.49. The van der Waals surface area contributed by atoms with Gasteiger partial charge in [0.05, 0.1) is 18.9 Å². The van der Waals surface area contributed by atoms with Crippen molar-refractivity contribution in [2.45, 2.75) is 56.3 Å². The summed E-state index contributed by atoms with van der Waals surface area (Å²) < 4.78 is 0. The lowest BCUT2D eigenvalue weighted by molar-refractivity contribution is -0.143. The number of hydrogen-bond acceptors (Lipinski definition) is 9. The Bertz CT molecular complexity index is 794. The molecule has 0 aliphatic rings. The molecule has 5 amide bonds. The average molecular weight is 507 g/mol. The minimum Gasteiger partial charge on any atom is -0.481 e. The summed E-state index contributed by atoms with van der Waals surface area (Å²) in [6, 6.07) is -5.84. The van der Waals surface area contributed by atoms with Gasteiger partial charge in [-0.25, -0.2) is 4.79 Å². The highest BCUT2D eigenvalue weighted by molar-refractivity contribution is 7.98. The molecule has 0 fully saturated rings. The number of carbonyl (C=O) groups is 7. The van der Waals surface area contributed by atoms with Crippen LogP contribution in [0.3, 0.4) is 0 Å². The van der Waals surface area contributed by atoms with Crippen molar-refractivity contribution in [1.82, 2.24) is 16.0 Å². The maximum Gasteiger partial charge on any atom is 0.326 e. The van der Waals surface area contributed by atoms with Crippen LogP contribution >= 0.6 is 11.8 Å². The lowest BCUT2D eigenvalue weighted by atomic mass is 10.1. The van der Waals surface area contributed by atoms with Crippen molar-refractivity contribution < 1.29 is 43.8 Å². The predicted molar refractivity (Wildman–Crippen MR) is 119 cm³/mol. The molecule has 0 spiro atoms. The Kier molecular flexibility index (Phi) is 13.9. The number of thioether (sulfide) groups is 1. The van der Waals surface area contributed by atoms with E-state index in [1.54, 1.807) is 6.26 Å². The van der Waals surface area contributed by atoms with Crippen LogP contribution in [0, 0.1) is 0 Å². The van der Waals surface area contributed by atoms with Crippen LogP contribution in [0.2, 0.25) is 0 Å². The number of rotatable bonds is 17. The fourth-order valence-electron chi connectivity index (χ4n) is 2.57. The van der Waals surface area contributed by atoms with Gasteiger partial charge in [0.15, 0.2) is 0 Å². The SMILES string of the molecule is CSCCC(NC(=O)C(CC(=O)O)NC(=O)C(N)CC(N)=O)C(=O)NC(CCC(N)=O)C(=O)O. The standard InChI is InChI=1S/C18H30N6O9S/c1-34-5-4-9(16(30)23-10(18(32)33)2-3-12(20)25)22-17(31)11(7-14(27)28)24-15(29)8(19)6-13(21)26/h8-11H,2-7,19H2,1H3,(H2,20,25)(H2,21,26)(H,22,31)(H,23,30)(H,24,29)(H,27,28)(H,32,33). The fourth-order valence-corrected chi connectivity index (χ4v) is 3.04. The molecule has 16 heteroatoms. The van der Waals surface area contributed by atoms with E-state index in [4.69, 9.17) is 22.3 Å². The number of carbonyl (C=O) groups excluding carboxylic acids is 5. The average Bonchev–Trinajstić information content (AvgIpc) is 2.71. The molecule has 0 aromatic carbocycles. The molecule has 0 aromatic heterocycles. The Labute approximate surface area is 198 Å². The monoisotopic (exact) mass is 506 g/mol. The molecule has 0 saturated carbocycles. The smallest absolute Gasteiger partial charge is 0.326 e. The molecule has 34 heavy (non-hydrogen) atoms. The maximum atomic E-state index is 12.7. The van der Waals surface area contributed by atoms with Crippen molar-refractivity contribution >= 4 is 53.2 Å². The van der Waals surface area contributed by atoms with E-state index in [9.17, 15) is 38.7 Å². The van der Waals surface area contributed by atoms with Crippen molar-refractivity contribution in [3.8, 4) is 0 Å². The summed E-state index contributed by atoms with van der Waals surface area (Å²) in [6.07, 6.45) is -0.249. The van der Waals surface area contributed by atoms with E-state index < -0.39 is 78.5 Å². The van der Waals surface area contributed by atoms with Crippen LogP contribution in [-0.4, -0.2) is 87.9 Å². The van der Waals surface area contributed by atoms with Gasteiger partial charge < -0.3 is 43.4 Å². The van der Waals surface area contributed by atoms with Crippen LogP contribution in [0.5, 0.6) is 0 Å². The predicted octanol–water partition coefficient (Wildman–Crippen LogP) is -3.78. The second-order valence-electron chi connectivity index (χ2n) is 7.18. The summed E-state index contributed by atoms with van der Waals surface area (Å²) in [5.74, 6) is -7.14.